The molecule has 5 rings (SSSR count). The molecular formula is C21H23ClN6OS. The monoisotopic (exact) mass is 442 g/mol. The standard InChI is InChI=1S/C21H23ClN6OS/c1-27-8-6-13(7-9-27)11-23-20(29)26-21-25-16-10-15-18(19(16)30-21)28(12-24-15)17-5-3-2-4-14(17)22/h2-5,12-13H,6-11H2,1H3,(H2,23,25,26,29). The molecule has 156 valence electrons. The van der Waals surface area contributed by atoms with Crippen LogP contribution in [0.25, 0.3) is 16.3 Å². The van der Waals surface area contributed by atoms with E-state index in [4.69, 9.17) is 11.6 Å². The highest BCUT2D eigenvalue weighted by molar-refractivity contribution is 7.19. The number of nitrogens with one attached hydrogen (secondary N) is 2. The van der Waals surface area contributed by atoms with E-state index in [0.29, 0.717) is 29.0 Å². The lowest BCUT2D eigenvalue weighted by atomic mass is 9.97. The summed E-state index contributed by atoms with van der Waals surface area (Å²) < 4.78 is 2.01. The Morgan fingerprint density at radius 3 is 2.87 bits per heavy atom. The van der Waals surface area contributed by atoms with E-state index < -0.39 is 0 Å². The van der Waals surface area contributed by atoms with Crippen LogP contribution < -0.4 is 10.6 Å². The first kappa shape index (κ1) is 19.5. The van der Waals surface area contributed by atoms with Crippen molar-refractivity contribution < 1.29 is 4.79 Å². The molecule has 0 radical (unpaired) electrons. The number of halogens is 1. The Kier molecular flexibility index (Phi) is 5.22. The van der Waals surface area contributed by atoms with E-state index in [1.807, 2.05) is 28.8 Å². The minimum absolute atomic E-state index is 0.193. The van der Waals surface area contributed by atoms with Crippen molar-refractivity contribution in [3.8, 4) is 16.3 Å². The number of aromatic nitrogens is 3. The molecule has 3 aromatic rings. The molecule has 1 fully saturated rings. The van der Waals surface area contributed by atoms with Crippen molar-refractivity contribution in [3.05, 3.63) is 47.0 Å². The summed E-state index contributed by atoms with van der Waals surface area (Å²) in [7, 11) is 2.14. The molecule has 1 aliphatic carbocycles. The van der Waals surface area contributed by atoms with Gasteiger partial charge in [0, 0.05) is 13.0 Å². The molecule has 2 aromatic heterocycles. The van der Waals surface area contributed by atoms with Gasteiger partial charge in [-0.1, -0.05) is 35.1 Å². The first-order valence-electron chi connectivity index (χ1n) is 10.1. The summed E-state index contributed by atoms with van der Waals surface area (Å²) >= 11 is 7.88. The molecule has 2 N–H and O–H groups in total. The van der Waals surface area contributed by atoms with Crippen LogP contribution in [0.1, 0.15) is 24.2 Å². The Balaban J connectivity index is 1.28. The van der Waals surface area contributed by atoms with Gasteiger partial charge >= 0.3 is 6.03 Å². The summed E-state index contributed by atoms with van der Waals surface area (Å²) in [5.41, 5.74) is 3.83. The van der Waals surface area contributed by atoms with Crippen LogP contribution in [-0.2, 0) is 6.42 Å². The maximum atomic E-state index is 12.4. The number of likely N-dealkylation sites (tertiary alicyclic amines) is 1. The Morgan fingerprint density at radius 1 is 1.27 bits per heavy atom. The van der Waals surface area contributed by atoms with Gasteiger partial charge in [0.05, 0.1) is 32.7 Å². The van der Waals surface area contributed by atoms with Gasteiger partial charge in [-0.15, -0.1) is 0 Å². The third-order valence-electron chi connectivity index (χ3n) is 5.81. The minimum atomic E-state index is -0.193. The molecule has 1 aliphatic heterocycles. The molecule has 0 saturated carbocycles. The van der Waals surface area contributed by atoms with Crippen molar-refractivity contribution in [1.29, 1.82) is 0 Å². The Labute approximate surface area is 184 Å². The van der Waals surface area contributed by atoms with Crippen molar-refractivity contribution in [1.82, 2.24) is 24.8 Å². The molecule has 2 aliphatic rings. The summed E-state index contributed by atoms with van der Waals surface area (Å²) in [6.07, 6.45) is 4.71. The zero-order valence-electron chi connectivity index (χ0n) is 16.7. The molecule has 9 heteroatoms. The number of benzene rings is 1. The molecule has 1 aromatic carbocycles. The molecule has 2 amide bonds. The Morgan fingerprint density at radius 2 is 2.07 bits per heavy atom. The predicted molar refractivity (Wildman–Crippen MR) is 120 cm³/mol. The van der Waals surface area contributed by atoms with Gasteiger partial charge in [0.15, 0.2) is 5.13 Å². The second-order valence-electron chi connectivity index (χ2n) is 7.91. The summed E-state index contributed by atoms with van der Waals surface area (Å²) in [5, 5.41) is 7.19. The van der Waals surface area contributed by atoms with Crippen molar-refractivity contribution in [2.24, 2.45) is 5.92 Å². The predicted octanol–water partition coefficient (Wildman–Crippen LogP) is 4.02. The van der Waals surface area contributed by atoms with Gasteiger partial charge in [0.1, 0.15) is 6.33 Å². The number of carbonyl (C=O) groups excluding carboxylic acids is 1. The van der Waals surface area contributed by atoms with Crippen molar-refractivity contribution >= 4 is 34.1 Å². The molecule has 0 bridgehead atoms. The highest BCUT2D eigenvalue weighted by atomic mass is 35.5. The Hall–Kier alpha value is -2.42. The van der Waals surface area contributed by atoms with E-state index >= 15 is 0 Å². The quantitative estimate of drug-likeness (QED) is 0.500. The van der Waals surface area contributed by atoms with Gasteiger partial charge in [0.25, 0.3) is 0 Å². The summed E-state index contributed by atoms with van der Waals surface area (Å²) in [4.78, 5) is 24.9. The van der Waals surface area contributed by atoms with E-state index in [9.17, 15) is 4.79 Å². The lowest BCUT2D eigenvalue weighted by molar-refractivity contribution is 0.213. The van der Waals surface area contributed by atoms with Crippen LogP contribution in [0.2, 0.25) is 5.02 Å². The number of amides is 2. The zero-order valence-corrected chi connectivity index (χ0v) is 18.3. The number of rotatable bonds is 4. The van der Waals surface area contributed by atoms with Crippen LogP contribution in [0, 0.1) is 5.92 Å². The molecule has 1 saturated heterocycles. The largest absolute Gasteiger partial charge is 0.338 e. The van der Waals surface area contributed by atoms with E-state index in [1.165, 1.54) is 11.3 Å². The smallest absolute Gasteiger partial charge is 0.321 e. The van der Waals surface area contributed by atoms with Gasteiger partial charge in [-0.3, -0.25) is 9.88 Å². The number of para-hydroxylation sites is 1. The average molecular weight is 443 g/mol. The number of anilines is 1. The van der Waals surface area contributed by atoms with Gasteiger partial charge in [0.2, 0.25) is 0 Å². The van der Waals surface area contributed by atoms with E-state index in [0.717, 1.165) is 53.6 Å². The highest BCUT2D eigenvalue weighted by Gasteiger charge is 2.29. The number of thiazole rings is 1. The van der Waals surface area contributed by atoms with E-state index in [2.05, 4.69) is 32.5 Å². The second-order valence-corrected chi connectivity index (χ2v) is 9.32. The third-order valence-corrected chi connectivity index (χ3v) is 7.15. The van der Waals surface area contributed by atoms with Gasteiger partial charge in [-0.25, -0.2) is 14.8 Å². The van der Waals surface area contributed by atoms with Gasteiger partial charge in [-0.2, -0.15) is 0 Å². The number of piperidine rings is 1. The van der Waals surface area contributed by atoms with Crippen molar-refractivity contribution in [2.75, 3.05) is 32.0 Å². The molecule has 0 unspecified atom stereocenters. The van der Waals surface area contributed by atoms with Crippen molar-refractivity contribution in [3.63, 3.8) is 0 Å². The van der Waals surface area contributed by atoms with Crippen LogP contribution in [0.5, 0.6) is 0 Å². The molecule has 7 nitrogen and oxygen atoms in total. The van der Waals surface area contributed by atoms with Crippen LogP contribution in [0.4, 0.5) is 9.93 Å². The number of fused-ring (bicyclic) bond motifs is 3. The van der Waals surface area contributed by atoms with Crippen molar-refractivity contribution in [2.45, 2.75) is 19.3 Å². The molecule has 0 atom stereocenters. The second kappa shape index (κ2) is 8.02. The lowest BCUT2D eigenvalue weighted by Gasteiger charge is -2.28. The average Bonchev–Trinajstić information content (AvgIpc) is 3.39. The van der Waals surface area contributed by atoms with Crippen LogP contribution in [0.15, 0.2) is 30.6 Å². The number of hydrogen-bond donors (Lipinski definition) is 2. The van der Waals surface area contributed by atoms with Gasteiger partial charge in [-0.05, 0) is 51.0 Å². The van der Waals surface area contributed by atoms with Gasteiger partial charge < -0.3 is 10.2 Å². The minimum Gasteiger partial charge on any atom is -0.338 e. The van der Waals surface area contributed by atoms with E-state index in [1.54, 1.807) is 6.33 Å². The SMILES string of the molecule is CN1CCC(CNC(=O)Nc2nc3c(s2)-c2c(ncn2-c2ccccc2Cl)C3)CC1. The maximum Gasteiger partial charge on any atom is 0.321 e. The van der Waals surface area contributed by atoms with Crippen LogP contribution >= 0.6 is 22.9 Å². The first-order valence-corrected chi connectivity index (χ1v) is 11.3. The topological polar surface area (TPSA) is 75.1 Å². The normalized spacial score (nSPS) is 16.3. The number of nitrogens with zero attached hydrogens (tertiary/aromatic N) is 4. The molecule has 30 heavy (non-hydrogen) atoms. The summed E-state index contributed by atoms with van der Waals surface area (Å²) in [6.45, 7) is 2.89. The maximum absolute atomic E-state index is 12.4. The number of hydrogen-bond acceptors (Lipinski definition) is 5. The fraction of sp³-hybridized carbons (Fsp3) is 0.381. The summed E-state index contributed by atoms with van der Waals surface area (Å²) in [5.74, 6) is 0.542. The molecule has 3 heterocycles. The molecule has 0 spiro atoms. The number of carbonyl (C=O) groups is 1. The number of urea groups is 1. The lowest BCUT2D eigenvalue weighted by Crippen LogP contribution is -2.38. The number of imidazole rings is 1. The molecular weight excluding hydrogens is 420 g/mol. The fourth-order valence-electron chi connectivity index (χ4n) is 4.10. The van der Waals surface area contributed by atoms with Crippen LogP contribution in [-0.4, -0.2) is 52.1 Å². The van der Waals surface area contributed by atoms with E-state index in [-0.39, 0.29) is 6.03 Å². The highest BCUT2D eigenvalue weighted by Crippen LogP contribution is 2.43. The fourth-order valence-corrected chi connectivity index (χ4v) is 5.37. The third kappa shape index (κ3) is 3.71. The van der Waals surface area contributed by atoms with Crippen LogP contribution in [0.3, 0.4) is 0 Å². The Bertz CT molecular complexity index is 1090. The summed E-state index contributed by atoms with van der Waals surface area (Å²) in [6, 6.07) is 7.51. The zero-order chi connectivity index (χ0) is 20.7. The first-order chi connectivity index (χ1) is 14.6.